The Bertz CT molecular complexity index is 587. The summed E-state index contributed by atoms with van der Waals surface area (Å²) in [7, 11) is -2.84. The fourth-order valence-corrected chi connectivity index (χ4v) is 3.39. The Morgan fingerprint density at radius 1 is 1.50 bits per heavy atom. The van der Waals surface area contributed by atoms with Gasteiger partial charge in [-0.2, -0.15) is 0 Å². The number of hydrogen-bond acceptors (Lipinski definition) is 4. The van der Waals surface area contributed by atoms with Crippen molar-refractivity contribution >= 4 is 27.3 Å². The van der Waals surface area contributed by atoms with Gasteiger partial charge >= 0.3 is 5.97 Å². The van der Waals surface area contributed by atoms with Crippen LogP contribution in [0.2, 0.25) is 5.02 Å². The number of carbonyl (C=O) groups is 1. The third kappa shape index (κ3) is 5.48. The van der Waals surface area contributed by atoms with Crippen molar-refractivity contribution in [1.29, 1.82) is 4.78 Å². The lowest BCUT2D eigenvalue weighted by Crippen LogP contribution is -2.32. The molecule has 0 fully saturated rings. The molecular formula is C13H19ClN2O3S. The number of carboxylic acids is 1. The van der Waals surface area contributed by atoms with Crippen LogP contribution in [0.3, 0.4) is 0 Å². The predicted molar refractivity (Wildman–Crippen MR) is 80.7 cm³/mol. The number of halogens is 1. The van der Waals surface area contributed by atoms with Crippen molar-refractivity contribution in [3.63, 3.8) is 0 Å². The lowest BCUT2D eigenvalue weighted by Gasteiger charge is -2.11. The van der Waals surface area contributed by atoms with Crippen LogP contribution in [0.4, 0.5) is 0 Å². The van der Waals surface area contributed by atoms with Gasteiger partial charge in [-0.15, -0.1) is 0 Å². The third-order valence-corrected chi connectivity index (χ3v) is 5.10. The van der Waals surface area contributed by atoms with E-state index in [0.29, 0.717) is 11.4 Å². The zero-order valence-electron chi connectivity index (χ0n) is 11.3. The Morgan fingerprint density at radius 2 is 2.15 bits per heavy atom. The molecule has 5 nitrogen and oxygen atoms in total. The van der Waals surface area contributed by atoms with Crippen LogP contribution in [-0.4, -0.2) is 32.8 Å². The number of nitrogens with two attached hydrogens (primary N) is 1. The second kappa shape index (κ2) is 7.06. The zero-order valence-corrected chi connectivity index (χ0v) is 12.8. The molecule has 0 saturated heterocycles. The van der Waals surface area contributed by atoms with E-state index < -0.39 is 21.7 Å². The summed E-state index contributed by atoms with van der Waals surface area (Å²) in [5.41, 5.74) is 7.23. The van der Waals surface area contributed by atoms with Crippen LogP contribution in [-0.2, 0) is 20.9 Å². The van der Waals surface area contributed by atoms with Crippen molar-refractivity contribution in [2.24, 2.45) is 5.73 Å². The van der Waals surface area contributed by atoms with Crippen LogP contribution >= 0.6 is 11.6 Å². The molecule has 0 aliphatic rings. The number of aryl methyl sites for hydroxylation is 2. The summed E-state index contributed by atoms with van der Waals surface area (Å²) >= 11 is 6.08. The van der Waals surface area contributed by atoms with E-state index in [9.17, 15) is 9.00 Å². The molecule has 0 saturated carbocycles. The summed E-state index contributed by atoms with van der Waals surface area (Å²) in [6, 6.07) is 4.52. The topological polar surface area (TPSA) is 104 Å². The molecule has 1 aromatic carbocycles. The smallest absolute Gasteiger partial charge is 0.320 e. The van der Waals surface area contributed by atoms with Gasteiger partial charge in [0.1, 0.15) is 6.04 Å². The molecule has 0 bridgehead atoms. The maximum atomic E-state index is 12.0. The second-order valence-electron chi connectivity index (χ2n) is 4.80. The maximum Gasteiger partial charge on any atom is 0.320 e. The number of aliphatic carboxylic acids is 1. The third-order valence-electron chi connectivity index (χ3n) is 2.99. The number of rotatable bonds is 7. The highest BCUT2D eigenvalue weighted by molar-refractivity contribution is 7.92. The average Bonchev–Trinajstić information content (AvgIpc) is 2.35. The van der Waals surface area contributed by atoms with Crippen molar-refractivity contribution in [2.45, 2.75) is 25.8 Å². The van der Waals surface area contributed by atoms with E-state index in [0.717, 1.165) is 11.1 Å². The van der Waals surface area contributed by atoms with E-state index in [-0.39, 0.29) is 17.9 Å². The van der Waals surface area contributed by atoms with Crippen molar-refractivity contribution in [1.82, 2.24) is 0 Å². The molecule has 0 aliphatic carbocycles. The molecule has 7 heteroatoms. The van der Waals surface area contributed by atoms with Crippen LogP contribution in [0.15, 0.2) is 18.2 Å². The summed E-state index contributed by atoms with van der Waals surface area (Å²) in [6.07, 6.45) is 0.475. The van der Waals surface area contributed by atoms with E-state index in [1.807, 2.05) is 25.1 Å². The summed E-state index contributed by atoms with van der Waals surface area (Å²) in [5, 5.41) is 9.25. The largest absolute Gasteiger partial charge is 0.480 e. The fraction of sp³-hybridized carbons (Fsp3) is 0.462. The number of benzene rings is 1. The molecule has 0 spiro atoms. The normalized spacial score (nSPS) is 15.6. The highest BCUT2D eigenvalue weighted by atomic mass is 35.5. The zero-order chi connectivity index (χ0) is 15.3. The molecule has 2 atom stereocenters. The first-order valence-electron chi connectivity index (χ1n) is 6.19. The quantitative estimate of drug-likeness (QED) is 0.715. The minimum Gasteiger partial charge on any atom is -0.480 e. The molecule has 0 heterocycles. The molecule has 0 amide bonds. The van der Waals surface area contributed by atoms with Gasteiger partial charge in [0.2, 0.25) is 0 Å². The predicted octanol–water partition coefficient (Wildman–Crippen LogP) is 2.04. The van der Waals surface area contributed by atoms with Crippen LogP contribution in [0, 0.1) is 11.7 Å². The number of carboxylic acid groups (broad SMARTS) is 1. The van der Waals surface area contributed by atoms with Crippen LogP contribution in [0.1, 0.15) is 17.5 Å². The second-order valence-corrected chi connectivity index (χ2v) is 7.65. The van der Waals surface area contributed by atoms with Gasteiger partial charge in [0.15, 0.2) is 0 Å². The van der Waals surface area contributed by atoms with E-state index in [1.165, 1.54) is 0 Å². The molecule has 20 heavy (non-hydrogen) atoms. The summed E-state index contributed by atoms with van der Waals surface area (Å²) < 4.78 is 19.8. The summed E-state index contributed by atoms with van der Waals surface area (Å²) in [6.45, 7) is 1.93. The number of nitrogens with one attached hydrogen (secondary N) is 1. The minimum absolute atomic E-state index is 0.00997. The van der Waals surface area contributed by atoms with Crippen molar-refractivity contribution in [3.05, 3.63) is 34.3 Å². The molecule has 4 N–H and O–H groups in total. The molecule has 0 aliphatic heterocycles. The number of hydrogen-bond donors (Lipinski definition) is 3. The Balaban J connectivity index is 2.57. The van der Waals surface area contributed by atoms with Gasteiger partial charge in [-0.25, -0.2) is 4.21 Å². The van der Waals surface area contributed by atoms with Crippen molar-refractivity contribution in [2.75, 3.05) is 11.5 Å². The standard InChI is InChI=1S/C13H19ClN2O3S/c1-9-2-3-10(11(14)8-9)4-6-20(16,19)7-5-12(15)13(17)18/h2-3,8,12,16H,4-7,15H2,1H3,(H,17,18)/t12-,20?/m0/s1. The lowest BCUT2D eigenvalue weighted by molar-refractivity contribution is -0.138. The Labute approximate surface area is 124 Å². The average molecular weight is 319 g/mol. The van der Waals surface area contributed by atoms with Gasteiger partial charge in [0.05, 0.1) is 0 Å². The SMILES string of the molecule is Cc1ccc(CCS(=N)(=O)CC[C@H](N)C(=O)O)c(Cl)c1. The molecule has 1 unspecified atom stereocenters. The van der Waals surface area contributed by atoms with E-state index in [1.54, 1.807) is 0 Å². The van der Waals surface area contributed by atoms with E-state index in [4.69, 9.17) is 27.2 Å². The molecule has 1 rings (SSSR count). The van der Waals surface area contributed by atoms with Crippen molar-refractivity contribution < 1.29 is 14.1 Å². The first-order chi connectivity index (χ1) is 9.21. The first-order valence-corrected chi connectivity index (χ1v) is 8.46. The summed E-state index contributed by atoms with van der Waals surface area (Å²) in [4.78, 5) is 10.6. The fourth-order valence-electron chi connectivity index (χ4n) is 1.67. The maximum absolute atomic E-state index is 12.0. The van der Waals surface area contributed by atoms with Gasteiger partial charge in [0, 0.05) is 26.3 Å². The van der Waals surface area contributed by atoms with E-state index in [2.05, 4.69) is 0 Å². The van der Waals surface area contributed by atoms with Gasteiger partial charge < -0.3 is 10.8 Å². The summed E-state index contributed by atoms with van der Waals surface area (Å²) in [5.74, 6) is -0.992. The molecule has 0 aromatic heterocycles. The van der Waals surface area contributed by atoms with Gasteiger partial charge in [0.25, 0.3) is 0 Å². The monoisotopic (exact) mass is 318 g/mol. The van der Waals surface area contributed by atoms with Crippen LogP contribution < -0.4 is 5.73 Å². The molecule has 0 radical (unpaired) electrons. The minimum atomic E-state index is -2.84. The Kier molecular flexibility index (Phi) is 5.98. The Hall–Kier alpha value is -1.11. The van der Waals surface area contributed by atoms with Crippen molar-refractivity contribution in [3.8, 4) is 0 Å². The van der Waals surface area contributed by atoms with Gasteiger partial charge in [-0.1, -0.05) is 23.7 Å². The van der Waals surface area contributed by atoms with Gasteiger partial charge in [-0.3, -0.25) is 9.57 Å². The molecule has 112 valence electrons. The first kappa shape index (κ1) is 16.9. The van der Waals surface area contributed by atoms with Crippen LogP contribution in [0.25, 0.3) is 0 Å². The molecule has 1 aromatic rings. The van der Waals surface area contributed by atoms with E-state index >= 15 is 0 Å². The highest BCUT2D eigenvalue weighted by Crippen LogP contribution is 2.18. The Morgan fingerprint density at radius 3 is 2.70 bits per heavy atom. The lowest BCUT2D eigenvalue weighted by atomic mass is 10.1. The highest BCUT2D eigenvalue weighted by Gasteiger charge is 2.15. The van der Waals surface area contributed by atoms with Crippen LogP contribution in [0.5, 0.6) is 0 Å². The molecular weight excluding hydrogens is 300 g/mol. The van der Waals surface area contributed by atoms with Gasteiger partial charge in [-0.05, 0) is 37.0 Å².